The van der Waals surface area contributed by atoms with Gasteiger partial charge in [-0.15, -0.1) is 0 Å². The molecule has 2 heterocycles. The van der Waals surface area contributed by atoms with Crippen molar-refractivity contribution in [1.82, 2.24) is 15.0 Å². The first-order valence-electron chi connectivity index (χ1n) is 6.81. The Morgan fingerprint density at radius 1 is 1.18 bits per heavy atom. The number of hydrogen-bond acceptors (Lipinski definition) is 4. The van der Waals surface area contributed by atoms with E-state index in [1.165, 1.54) is 0 Å². The average molecular weight is 292 g/mol. The maximum atomic E-state index is 12.3. The number of aromatic amines is 1. The number of benzene rings is 2. The lowest BCUT2D eigenvalue weighted by Gasteiger charge is -2.05. The van der Waals surface area contributed by atoms with E-state index in [9.17, 15) is 4.79 Å². The number of oxazole rings is 1. The third-order valence-corrected chi connectivity index (χ3v) is 3.44. The molecule has 0 aliphatic rings. The molecule has 0 bridgehead atoms. The molecule has 22 heavy (non-hydrogen) atoms. The summed E-state index contributed by atoms with van der Waals surface area (Å²) in [5, 5.41) is 2.86. The second-order valence-electron chi connectivity index (χ2n) is 5.00. The zero-order chi connectivity index (χ0) is 15.1. The van der Waals surface area contributed by atoms with E-state index < -0.39 is 0 Å². The standard InChI is InChI=1S/C16H12N4O2/c1-9-19-13-5-3-11(7-15(13)22-9)20-16(21)10-2-4-12-14(6-10)18-8-17-12/h2-8H,1H3,(H,17,18)(H,20,21). The van der Waals surface area contributed by atoms with Crippen LogP contribution < -0.4 is 5.32 Å². The van der Waals surface area contributed by atoms with Crippen molar-refractivity contribution in [3.8, 4) is 0 Å². The van der Waals surface area contributed by atoms with E-state index in [-0.39, 0.29) is 5.91 Å². The molecule has 2 aromatic heterocycles. The molecule has 0 spiro atoms. The second kappa shape index (κ2) is 4.70. The highest BCUT2D eigenvalue weighted by Gasteiger charge is 2.09. The van der Waals surface area contributed by atoms with Crippen LogP contribution in [0.5, 0.6) is 0 Å². The van der Waals surface area contributed by atoms with Gasteiger partial charge < -0.3 is 14.7 Å². The average Bonchev–Trinajstić information content (AvgIpc) is 3.10. The van der Waals surface area contributed by atoms with E-state index in [0.717, 1.165) is 16.6 Å². The first-order valence-corrected chi connectivity index (χ1v) is 6.81. The zero-order valence-corrected chi connectivity index (χ0v) is 11.8. The molecule has 0 unspecified atom stereocenters. The summed E-state index contributed by atoms with van der Waals surface area (Å²) in [6.45, 7) is 1.79. The number of carbonyl (C=O) groups excluding carboxylic acids is 1. The quantitative estimate of drug-likeness (QED) is 0.594. The molecule has 2 N–H and O–H groups in total. The summed E-state index contributed by atoms with van der Waals surface area (Å²) in [7, 11) is 0. The monoisotopic (exact) mass is 292 g/mol. The van der Waals surface area contributed by atoms with E-state index in [0.29, 0.717) is 22.7 Å². The number of aryl methyl sites for hydroxylation is 1. The van der Waals surface area contributed by atoms with Gasteiger partial charge in [0.1, 0.15) is 5.52 Å². The summed E-state index contributed by atoms with van der Waals surface area (Å²) in [5.41, 5.74) is 4.31. The molecule has 0 aliphatic heterocycles. The Labute approximate surface area is 125 Å². The Bertz CT molecular complexity index is 1000. The maximum Gasteiger partial charge on any atom is 0.255 e. The molecule has 0 aliphatic carbocycles. The van der Waals surface area contributed by atoms with Crippen molar-refractivity contribution in [3.05, 3.63) is 54.2 Å². The Morgan fingerprint density at radius 2 is 2.05 bits per heavy atom. The number of nitrogens with zero attached hydrogens (tertiary/aromatic N) is 2. The van der Waals surface area contributed by atoms with Crippen molar-refractivity contribution in [2.45, 2.75) is 6.92 Å². The normalized spacial score (nSPS) is 11.1. The van der Waals surface area contributed by atoms with E-state index >= 15 is 0 Å². The van der Waals surface area contributed by atoms with Gasteiger partial charge in [-0.2, -0.15) is 0 Å². The van der Waals surface area contributed by atoms with Gasteiger partial charge in [0.25, 0.3) is 5.91 Å². The molecule has 2 aromatic carbocycles. The van der Waals surface area contributed by atoms with E-state index in [2.05, 4.69) is 20.3 Å². The largest absolute Gasteiger partial charge is 0.441 e. The minimum atomic E-state index is -0.188. The van der Waals surface area contributed by atoms with Crippen LogP contribution in [-0.2, 0) is 0 Å². The molecule has 4 rings (SSSR count). The van der Waals surface area contributed by atoms with Gasteiger partial charge in [-0.3, -0.25) is 4.79 Å². The van der Waals surface area contributed by atoms with Crippen LogP contribution >= 0.6 is 0 Å². The highest BCUT2D eigenvalue weighted by Crippen LogP contribution is 2.21. The van der Waals surface area contributed by atoms with Crippen molar-refractivity contribution < 1.29 is 9.21 Å². The molecule has 6 heteroatoms. The third kappa shape index (κ3) is 2.10. The number of fused-ring (bicyclic) bond motifs is 2. The van der Waals surface area contributed by atoms with Gasteiger partial charge in [0.05, 0.1) is 17.4 Å². The zero-order valence-electron chi connectivity index (χ0n) is 11.8. The molecule has 0 fully saturated rings. The number of imidazole rings is 1. The maximum absolute atomic E-state index is 12.3. The van der Waals surface area contributed by atoms with Crippen molar-refractivity contribution >= 4 is 33.7 Å². The highest BCUT2D eigenvalue weighted by molar-refractivity contribution is 6.06. The molecule has 108 valence electrons. The van der Waals surface area contributed by atoms with Crippen LogP contribution in [0.1, 0.15) is 16.2 Å². The van der Waals surface area contributed by atoms with Crippen LogP contribution in [0.15, 0.2) is 47.1 Å². The molecule has 1 amide bonds. The number of amides is 1. The van der Waals surface area contributed by atoms with Crippen LogP contribution in [0.2, 0.25) is 0 Å². The van der Waals surface area contributed by atoms with Gasteiger partial charge in [-0.05, 0) is 30.3 Å². The van der Waals surface area contributed by atoms with Crippen LogP contribution in [0.4, 0.5) is 5.69 Å². The van der Waals surface area contributed by atoms with Crippen molar-refractivity contribution in [3.63, 3.8) is 0 Å². The smallest absolute Gasteiger partial charge is 0.255 e. The van der Waals surface area contributed by atoms with Gasteiger partial charge in [-0.25, -0.2) is 9.97 Å². The summed E-state index contributed by atoms with van der Waals surface area (Å²) < 4.78 is 5.47. The summed E-state index contributed by atoms with van der Waals surface area (Å²) in [5.74, 6) is 0.412. The fourth-order valence-corrected chi connectivity index (χ4v) is 2.40. The van der Waals surface area contributed by atoms with Gasteiger partial charge in [0.15, 0.2) is 11.5 Å². The number of hydrogen-bond donors (Lipinski definition) is 2. The van der Waals surface area contributed by atoms with Crippen molar-refractivity contribution in [2.75, 3.05) is 5.32 Å². The lowest BCUT2D eigenvalue weighted by Crippen LogP contribution is -2.11. The molecular formula is C16H12N4O2. The van der Waals surface area contributed by atoms with E-state index in [1.807, 2.05) is 12.1 Å². The fraction of sp³-hybridized carbons (Fsp3) is 0.0625. The van der Waals surface area contributed by atoms with Gasteiger partial charge in [-0.1, -0.05) is 0 Å². The Kier molecular flexibility index (Phi) is 2.69. The Hall–Kier alpha value is -3.15. The fourth-order valence-electron chi connectivity index (χ4n) is 2.40. The Morgan fingerprint density at radius 3 is 2.95 bits per heavy atom. The number of rotatable bonds is 2. The molecule has 0 saturated carbocycles. The highest BCUT2D eigenvalue weighted by atomic mass is 16.3. The first-order chi connectivity index (χ1) is 10.7. The molecule has 0 atom stereocenters. The number of nitrogens with one attached hydrogen (secondary N) is 2. The molecule has 4 aromatic rings. The summed E-state index contributed by atoms with van der Waals surface area (Å²) in [6.07, 6.45) is 1.60. The summed E-state index contributed by atoms with van der Waals surface area (Å²) >= 11 is 0. The molecule has 0 radical (unpaired) electrons. The number of aromatic nitrogens is 3. The van der Waals surface area contributed by atoms with Crippen molar-refractivity contribution in [1.29, 1.82) is 0 Å². The number of carbonyl (C=O) groups is 1. The van der Waals surface area contributed by atoms with Crippen LogP contribution in [0.3, 0.4) is 0 Å². The lowest BCUT2D eigenvalue weighted by molar-refractivity contribution is 0.102. The number of H-pyrrole nitrogens is 1. The van der Waals surface area contributed by atoms with Gasteiger partial charge >= 0.3 is 0 Å². The predicted molar refractivity (Wildman–Crippen MR) is 82.8 cm³/mol. The predicted octanol–water partition coefficient (Wildman–Crippen LogP) is 3.26. The SMILES string of the molecule is Cc1nc2ccc(NC(=O)c3ccc4nc[nH]c4c3)cc2o1. The van der Waals surface area contributed by atoms with Gasteiger partial charge in [0.2, 0.25) is 0 Å². The van der Waals surface area contributed by atoms with Crippen LogP contribution in [-0.4, -0.2) is 20.9 Å². The number of anilines is 1. The van der Waals surface area contributed by atoms with Gasteiger partial charge in [0, 0.05) is 24.2 Å². The minimum absolute atomic E-state index is 0.188. The minimum Gasteiger partial charge on any atom is -0.441 e. The Balaban J connectivity index is 1.64. The molecule has 6 nitrogen and oxygen atoms in total. The van der Waals surface area contributed by atoms with Crippen LogP contribution in [0.25, 0.3) is 22.1 Å². The van der Waals surface area contributed by atoms with E-state index in [4.69, 9.17) is 4.42 Å². The topological polar surface area (TPSA) is 83.8 Å². The molecular weight excluding hydrogens is 280 g/mol. The second-order valence-corrected chi connectivity index (χ2v) is 5.00. The van der Waals surface area contributed by atoms with E-state index in [1.54, 1.807) is 37.5 Å². The molecule has 0 saturated heterocycles. The van der Waals surface area contributed by atoms with Crippen LogP contribution in [0, 0.1) is 6.92 Å². The van der Waals surface area contributed by atoms with Crippen molar-refractivity contribution in [2.24, 2.45) is 0 Å². The summed E-state index contributed by atoms with van der Waals surface area (Å²) in [4.78, 5) is 23.7. The first kappa shape index (κ1) is 12.6. The third-order valence-electron chi connectivity index (χ3n) is 3.44. The summed E-state index contributed by atoms with van der Waals surface area (Å²) in [6, 6.07) is 10.7. The lowest BCUT2D eigenvalue weighted by atomic mass is 10.2.